The smallest absolute Gasteiger partial charge is 0.300 e. The predicted octanol–water partition coefficient (Wildman–Crippen LogP) is 3.80. The molecule has 6 heteroatoms. The SMILES string of the molecule is CC1CCCC(NC(=O)c2cccc(Cl)c2[N+](=O)[O-])C1C. The molecule has 0 spiro atoms. The molecule has 1 aromatic carbocycles. The fourth-order valence-corrected chi connectivity index (χ4v) is 3.16. The Morgan fingerprint density at radius 2 is 2.10 bits per heavy atom. The molecule has 21 heavy (non-hydrogen) atoms. The lowest BCUT2D eigenvalue weighted by atomic mass is 9.78. The number of nitro groups is 1. The lowest BCUT2D eigenvalue weighted by Gasteiger charge is -2.34. The number of benzene rings is 1. The van der Waals surface area contributed by atoms with E-state index in [2.05, 4.69) is 19.2 Å². The van der Waals surface area contributed by atoms with Gasteiger partial charge in [0.2, 0.25) is 0 Å². The number of carbonyl (C=O) groups is 1. The second kappa shape index (κ2) is 6.43. The molecule has 1 fully saturated rings. The summed E-state index contributed by atoms with van der Waals surface area (Å²) in [6.45, 7) is 4.28. The highest BCUT2D eigenvalue weighted by Gasteiger charge is 2.30. The number of para-hydroxylation sites is 1. The summed E-state index contributed by atoms with van der Waals surface area (Å²) in [5.74, 6) is 0.481. The first-order valence-electron chi connectivity index (χ1n) is 7.15. The fraction of sp³-hybridized carbons (Fsp3) is 0.533. The van der Waals surface area contributed by atoms with Gasteiger partial charge in [0.1, 0.15) is 10.6 Å². The summed E-state index contributed by atoms with van der Waals surface area (Å²) in [7, 11) is 0. The van der Waals surface area contributed by atoms with E-state index in [0.717, 1.165) is 19.3 Å². The molecule has 5 nitrogen and oxygen atoms in total. The molecule has 0 aromatic heterocycles. The molecule has 0 aliphatic heterocycles. The van der Waals surface area contributed by atoms with Gasteiger partial charge in [0.25, 0.3) is 5.91 Å². The number of nitrogens with one attached hydrogen (secondary N) is 1. The first-order chi connectivity index (χ1) is 9.91. The van der Waals surface area contributed by atoms with Gasteiger partial charge in [-0.25, -0.2) is 0 Å². The van der Waals surface area contributed by atoms with Crippen LogP contribution in [0.1, 0.15) is 43.5 Å². The van der Waals surface area contributed by atoms with Crippen LogP contribution < -0.4 is 5.32 Å². The van der Waals surface area contributed by atoms with Crippen molar-refractivity contribution in [2.75, 3.05) is 0 Å². The highest BCUT2D eigenvalue weighted by Crippen LogP contribution is 2.31. The Hall–Kier alpha value is -1.62. The predicted molar refractivity (Wildman–Crippen MR) is 81.5 cm³/mol. The normalized spacial score (nSPS) is 25.4. The summed E-state index contributed by atoms with van der Waals surface area (Å²) in [5.41, 5.74) is -0.300. The van der Waals surface area contributed by atoms with Gasteiger partial charge >= 0.3 is 5.69 Å². The van der Waals surface area contributed by atoms with Crippen molar-refractivity contribution in [2.45, 2.75) is 39.2 Å². The summed E-state index contributed by atoms with van der Waals surface area (Å²) >= 11 is 5.84. The Morgan fingerprint density at radius 3 is 2.76 bits per heavy atom. The molecule has 1 aliphatic rings. The molecule has 0 saturated heterocycles. The zero-order valence-corrected chi connectivity index (χ0v) is 12.9. The molecule has 1 N–H and O–H groups in total. The van der Waals surface area contributed by atoms with Crippen molar-refractivity contribution < 1.29 is 9.72 Å². The quantitative estimate of drug-likeness (QED) is 0.681. The average Bonchev–Trinajstić information content (AvgIpc) is 2.43. The highest BCUT2D eigenvalue weighted by molar-refractivity contribution is 6.33. The number of nitrogens with zero attached hydrogens (tertiary/aromatic N) is 1. The molecule has 0 heterocycles. The second-order valence-corrected chi connectivity index (χ2v) is 6.15. The Labute approximate surface area is 128 Å². The third-order valence-electron chi connectivity index (χ3n) is 4.44. The van der Waals surface area contributed by atoms with E-state index < -0.39 is 10.8 Å². The molecule has 0 radical (unpaired) electrons. The third kappa shape index (κ3) is 3.35. The van der Waals surface area contributed by atoms with Crippen molar-refractivity contribution in [3.05, 3.63) is 38.9 Å². The second-order valence-electron chi connectivity index (χ2n) is 5.74. The van der Waals surface area contributed by atoms with Gasteiger partial charge < -0.3 is 5.32 Å². The van der Waals surface area contributed by atoms with Crippen molar-refractivity contribution in [3.63, 3.8) is 0 Å². The van der Waals surface area contributed by atoms with Crippen LogP contribution in [0.15, 0.2) is 18.2 Å². The average molecular weight is 311 g/mol. The standard InChI is InChI=1S/C15H19ClN2O3/c1-9-5-3-8-13(10(9)2)17-15(19)11-6-4-7-12(16)14(11)18(20)21/h4,6-7,9-10,13H,3,5,8H2,1-2H3,(H,17,19). The highest BCUT2D eigenvalue weighted by atomic mass is 35.5. The number of hydrogen-bond donors (Lipinski definition) is 1. The van der Waals surface area contributed by atoms with Gasteiger partial charge in [0.05, 0.1) is 4.92 Å². The molecule has 0 bridgehead atoms. The monoisotopic (exact) mass is 310 g/mol. The number of halogens is 1. The minimum absolute atomic E-state index is 0.0160. The van der Waals surface area contributed by atoms with Gasteiger partial charge in [0.15, 0.2) is 0 Å². The fourth-order valence-electron chi connectivity index (χ4n) is 2.92. The summed E-state index contributed by atoms with van der Waals surface area (Å²) in [6.07, 6.45) is 3.13. The van der Waals surface area contributed by atoms with Crippen molar-refractivity contribution in [2.24, 2.45) is 11.8 Å². The van der Waals surface area contributed by atoms with Crippen LogP contribution in [0, 0.1) is 22.0 Å². The molecule has 3 unspecified atom stereocenters. The molecule has 1 aromatic rings. The molecule has 1 aliphatic carbocycles. The Morgan fingerprint density at radius 1 is 1.38 bits per heavy atom. The summed E-state index contributed by atoms with van der Waals surface area (Å²) in [5, 5.41) is 14.0. The van der Waals surface area contributed by atoms with Gasteiger partial charge in [0, 0.05) is 6.04 Å². The maximum absolute atomic E-state index is 12.4. The van der Waals surface area contributed by atoms with Crippen molar-refractivity contribution >= 4 is 23.2 Å². The van der Waals surface area contributed by atoms with E-state index in [1.807, 2.05) is 0 Å². The van der Waals surface area contributed by atoms with Crippen LogP contribution in [0.4, 0.5) is 5.69 Å². The Bertz CT molecular complexity index is 562. The number of hydrogen-bond acceptors (Lipinski definition) is 3. The van der Waals surface area contributed by atoms with Crippen LogP contribution in [-0.4, -0.2) is 16.9 Å². The number of rotatable bonds is 3. The van der Waals surface area contributed by atoms with Crippen LogP contribution >= 0.6 is 11.6 Å². The lowest BCUT2D eigenvalue weighted by Crippen LogP contribution is -2.43. The topological polar surface area (TPSA) is 72.2 Å². The van der Waals surface area contributed by atoms with E-state index in [9.17, 15) is 14.9 Å². The Balaban J connectivity index is 2.21. The molecular formula is C15H19ClN2O3. The van der Waals surface area contributed by atoms with Crippen molar-refractivity contribution in [3.8, 4) is 0 Å². The van der Waals surface area contributed by atoms with E-state index in [1.165, 1.54) is 12.1 Å². The molecule has 114 valence electrons. The molecule has 2 rings (SSSR count). The van der Waals surface area contributed by atoms with Crippen LogP contribution in [0.3, 0.4) is 0 Å². The molecular weight excluding hydrogens is 292 g/mol. The number of carbonyl (C=O) groups excluding carboxylic acids is 1. The zero-order chi connectivity index (χ0) is 15.6. The van der Waals surface area contributed by atoms with Crippen molar-refractivity contribution in [1.82, 2.24) is 5.32 Å². The molecule has 1 amide bonds. The van der Waals surface area contributed by atoms with E-state index in [0.29, 0.717) is 11.8 Å². The van der Waals surface area contributed by atoms with Gasteiger partial charge in [-0.1, -0.05) is 44.4 Å². The first kappa shape index (κ1) is 15.8. The Kier molecular flexibility index (Phi) is 4.83. The van der Waals surface area contributed by atoms with Gasteiger partial charge in [-0.2, -0.15) is 0 Å². The molecule has 1 saturated carbocycles. The summed E-state index contributed by atoms with van der Waals surface area (Å²) in [4.78, 5) is 22.9. The number of amides is 1. The van der Waals surface area contributed by atoms with Crippen LogP contribution in [0.25, 0.3) is 0 Å². The molecule has 3 atom stereocenters. The minimum Gasteiger partial charge on any atom is -0.349 e. The van der Waals surface area contributed by atoms with Gasteiger partial charge in [-0.05, 0) is 30.4 Å². The first-order valence-corrected chi connectivity index (χ1v) is 7.53. The van der Waals surface area contributed by atoms with Crippen molar-refractivity contribution in [1.29, 1.82) is 0 Å². The maximum Gasteiger partial charge on any atom is 0.300 e. The van der Waals surface area contributed by atoms with Crippen LogP contribution in [0.2, 0.25) is 5.02 Å². The summed E-state index contributed by atoms with van der Waals surface area (Å²) < 4.78 is 0. The zero-order valence-electron chi connectivity index (χ0n) is 12.1. The van der Waals surface area contributed by atoms with Crippen LogP contribution in [0.5, 0.6) is 0 Å². The third-order valence-corrected chi connectivity index (χ3v) is 4.74. The van der Waals surface area contributed by atoms with Crippen LogP contribution in [-0.2, 0) is 0 Å². The van der Waals surface area contributed by atoms with E-state index in [4.69, 9.17) is 11.6 Å². The van der Waals surface area contributed by atoms with E-state index in [-0.39, 0.29) is 22.3 Å². The lowest BCUT2D eigenvalue weighted by molar-refractivity contribution is -0.385. The number of nitro benzene ring substituents is 1. The minimum atomic E-state index is -0.607. The maximum atomic E-state index is 12.4. The van der Waals surface area contributed by atoms with E-state index >= 15 is 0 Å². The van der Waals surface area contributed by atoms with E-state index in [1.54, 1.807) is 6.07 Å². The largest absolute Gasteiger partial charge is 0.349 e. The van der Waals surface area contributed by atoms with Gasteiger partial charge in [-0.3, -0.25) is 14.9 Å². The summed E-state index contributed by atoms with van der Waals surface area (Å²) in [6, 6.07) is 4.47. The van der Waals surface area contributed by atoms with Gasteiger partial charge in [-0.15, -0.1) is 0 Å².